The van der Waals surface area contributed by atoms with Crippen LogP contribution in [0.5, 0.6) is 11.5 Å². The van der Waals surface area contributed by atoms with Crippen LogP contribution in [0.3, 0.4) is 0 Å². The number of pyridine rings is 1. The van der Waals surface area contributed by atoms with E-state index in [1.54, 1.807) is 18.3 Å². The van der Waals surface area contributed by atoms with Crippen molar-refractivity contribution in [3.05, 3.63) is 46.6 Å². The molecule has 29 heavy (non-hydrogen) atoms. The number of nitrogens with zero attached hydrogens (tertiary/aromatic N) is 2. The number of aromatic nitrogens is 1. The Labute approximate surface area is 175 Å². The molecule has 2 heterocycles. The Morgan fingerprint density at radius 2 is 2.07 bits per heavy atom. The molecule has 1 N–H and O–H groups in total. The van der Waals surface area contributed by atoms with Gasteiger partial charge in [0.05, 0.1) is 31.5 Å². The first-order valence-electron chi connectivity index (χ1n) is 9.58. The van der Waals surface area contributed by atoms with Gasteiger partial charge in [-0.3, -0.25) is 4.79 Å². The lowest BCUT2D eigenvalue weighted by Crippen LogP contribution is -2.36. The van der Waals surface area contributed by atoms with Crippen molar-refractivity contribution in [3.8, 4) is 11.5 Å². The second-order valence-corrected chi connectivity index (χ2v) is 7.37. The highest BCUT2D eigenvalue weighted by Crippen LogP contribution is 2.37. The summed E-state index contributed by atoms with van der Waals surface area (Å²) in [6.07, 6.45) is 1.71. The maximum atomic E-state index is 12.6. The van der Waals surface area contributed by atoms with Crippen molar-refractivity contribution in [3.63, 3.8) is 0 Å². The molecule has 1 aromatic heterocycles. The number of methoxy groups -OCH3 is 1. The summed E-state index contributed by atoms with van der Waals surface area (Å²) >= 11 is 6.30. The molecule has 1 aromatic carbocycles. The number of morpholine rings is 1. The van der Waals surface area contributed by atoms with Gasteiger partial charge in [-0.2, -0.15) is 0 Å². The van der Waals surface area contributed by atoms with E-state index in [0.29, 0.717) is 41.8 Å². The van der Waals surface area contributed by atoms with Crippen LogP contribution in [0.4, 0.5) is 5.82 Å². The Morgan fingerprint density at radius 3 is 2.69 bits per heavy atom. The molecule has 0 bridgehead atoms. The first-order valence-corrected chi connectivity index (χ1v) is 9.95. The summed E-state index contributed by atoms with van der Waals surface area (Å²) < 4.78 is 16.4. The fourth-order valence-electron chi connectivity index (χ4n) is 2.99. The molecule has 1 fully saturated rings. The molecule has 1 aliphatic heterocycles. The van der Waals surface area contributed by atoms with E-state index < -0.39 is 0 Å². The topological polar surface area (TPSA) is 72.9 Å². The predicted octanol–water partition coefficient (Wildman–Crippen LogP) is 3.30. The van der Waals surface area contributed by atoms with E-state index >= 15 is 0 Å². The van der Waals surface area contributed by atoms with Crippen LogP contribution in [0.15, 0.2) is 30.5 Å². The van der Waals surface area contributed by atoms with E-state index in [1.807, 2.05) is 26.0 Å². The predicted molar refractivity (Wildman–Crippen MR) is 112 cm³/mol. The molecule has 0 atom stereocenters. The van der Waals surface area contributed by atoms with E-state index in [4.69, 9.17) is 25.8 Å². The molecule has 8 heteroatoms. The zero-order chi connectivity index (χ0) is 20.8. The summed E-state index contributed by atoms with van der Waals surface area (Å²) in [7, 11) is 1.52. The molecule has 0 spiro atoms. The largest absolute Gasteiger partial charge is 0.493 e. The zero-order valence-corrected chi connectivity index (χ0v) is 17.7. The minimum Gasteiger partial charge on any atom is -0.493 e. The number of carbonyl (C=O) groups is 1. The SMILES string of the molecule is COc1cc(C(=O)NCc2ccc(N3CCOCC3)nc2)cc(Cl)c1OC(C)C. The molecule has 2 aromatic rings. The van der Waals surface area contributed by atoms with Gasteiger partial charge in [0, 0.05) is 31.4 Å². The molecule has 0 aliphatic carbocycles. The van der Waals surface area contributed by atoms with Crippen molar-refractivity contribution in [1.29, 1.82) is 0 Å². The second-order valence-electron chi connectivity index (χ2n) is 6.96. The Kier molecular flexibility index (Phi) is 7.17. The summed E-state index contributed by atoms with van der Waals surface area (Å²) in [5, 5.41) is 3.22. The molecular weight excluding hydrogens is 394 g/mol. The number of amides is 1. The van der Waals surface area contributed by atoms with Crippen LogP contribution in [0, 0.1) is 0 Å². The standard InChI is InChI=1S/C21H26ClN3O4/c1-14(2)29-20-17(22)10-16(11-18(20)27-3)21(26)24-13-15-4-5-19(23-12-15)25-6-8-28-9-7-25/h4-5,10-12,14H,6-9,13H2,1-3H3,(H,24,26). The molecule has 1 amide bonds. The van der Waals surface area contributed by atoms with Gasteiger partial charge in [-0.1, -0.05) is 17.7 Å². The minimum atomic E-state index is -0.251. The van der Waals surface area contributed by atoms with Gasteiger partial charge in [-0.25, -0.2) is 4.98 Å². The molecule has 3 rings (SSSR count). The second kappa shape index (κ2) is 9.80. The van der Waals surface area contributed by atoms with Crippen molar-refractivity contribution < 1.29 is 19.0 Å². The number of hydrogen-bond acceptors (Lipinski definition) is 6. The minimum absolute atomic E-state index is 0.0611. The number of benzene rings is 1. The van der Waals surface area contributed by atoms with Crippen molar-refractivity contribution in [2.24, 2.45) is 0 Å². The van der Waals surface area contributed by atoms with E-state index in [1.165, 1.54) is 7.11 Å². The van der Waals surface area contributed by atoms with Crippen molar-refractivity contribution in [2.45, 2.75) is 26.5 Å². The number of hydrogen-bond donors (Lipinski definition) is 1. The number of nitrogens with one attached hydrogen (secondary N) is 1. The summed E-state index contributed by atoms with van der Waals surface area (Å²) in [5.41, 5.74) is 1.31. The van der Waals surface area contributed by atoms with Crippen molar-refractivity contribution in [2.75, 3.05) is 38.3 Å². The van der Waals surface area contributed by atoms with Gasteiger partial charge in [0.2, 0.25) is 0 Å². The van der Waals surface area contributed by atoms with Gasteiger partial charge in [0.15, 0.2) is 11.5 Å². The van der Waals surface area contributed by atoms with Gasteiger partial charge in [-0.05, 0) is 37.6 Å². The number of rotatable bonds is 7. The average Bonchev–Trinajstić information content (AvgIpc) is 2.74. The van der Waals surface area contributed by atoms with E-state index in [-0.39, 0.29) is 12.0 Å². The number of carbonyl (C=O) groups excluding carboxylic acids is 1. The Morgan fingerprint density at radius 1 is 1.31 bits per heavy atom. The first kappa shape index (κ1) is 21.2. The molecule has 156 valence electrons. The molecule has 0 unspecified atom stereocenters. The highest BCUT2D eigenvalue weighted by atomic mass is 35.5. The van der Waals surface area contributed by atoms with Gasteiger partial charge >= 0.3 is 0 Å². The van der Waals surface area contributed by atoms with E-state index in [0.717, 1.165) is 24.5 Å². The molecule has 1 aliphatic rings. The van der Waals surface area contributed by atoms with Crippen molar-refractivity contribution in [1.82, 2.24) is 10.3 Å². The van der Waals surface area contributed by atoms with Crippen LogP contribution in [-0.2, 0) is 11.3 Å². The van der Waals surface area contributed by atoms with Crippen LogP contribution < -0.4 is 19.7 Å². The Hall–Kier alpha value is -2.51. The maximum absolute atomic E-state index is 12.6. The lowest BCUT2D eigenvalue weighted by atomic mass is 10.1. The Bertz CT molecular complexity index is 837. The lowest BCUT2D eigenvalue weighted by Gasteiger charge is -2.27. The van der Waals surface area contributed by atoms with Gasteiger partial charge in [0.1, 0.15) is 5.82 Å². The summed E-state index contributed by atoms with van der Waals surface area (Å²) in [6, 6.07) is 7.13. The normalized spacial score (nSPS) is 14.0. The monoisotopic (exact) mass is 419 g/mol. The third kappa shape index (κ3) is 5.52. The number of ether oxygens (including phenoxy) is 3. The van der Waals surface area contributed by atoms with Crippen LogP contribution in [0.1, 0.15) is 29.8 Å². The smallest absolute Gasteiger partial charge is 0.251 e. The number of anilines is 1. The fourth-order valence-corrected chi connectivity index (χ4v) is 3.24. The van der Waals surface area contributed by atoms with E-state index in [9.17, 15) is 4.79 Å². The van der Waals surface area contributed by atoms with Crippen molar-refractivity contribution >= 4 is 23.3 Å². The van der Waals surface area contributed by atoms with Crippen LogP contribution in [-0.4, -0.2) is 50.4 Å². The lowest BCUT2D eigenvalue weighted by molar-refractivity contribution is 0.0950. The van der Waals surface area contributed by atoms with Crippen LogP contribution in [0.2, 0.25) is 5.02 Å². The third-order valence-electron chi connectivity index (χ3n) is 4.44. The van der Waals surface area contributed by atoms with E-state index in [2.05, 4.69) is 15.2 Å². The van der Waals surface area contributed by atoms with Gasteiger partial charge in [0.25, 0.3) is 5.91 Å². The van der Waals surface area contributed by atoms with Crippen LogP contribution in [0.25, 0.3) is 0 Å². The average molecular weight is 420 g/mol. The maximum Gasteiger partial charge on any atom is 0.251 e. The number of halogens is 1. The molecule has 7 nitrogen and oxygen atoms in total. The third-order valence-corrected chi connectivity index (χ3v) is 4.72. The quantitative estimate of drug-likeness (QED) is 0.742. The Balaban J connectivity index is 1.63. The molecule has 0 saturated carbocycles. The van der Waals surface area contributed by atoms with Gasteiger partial charge < -0.3 is 24.4 Å². The molecular formula is C21H26ClN3O4. The summed E-state index contributed by atoms with van der Waals surface area (Å²) in [4.78, 5) is 19.3. The zero-order valence-electron chi connectivity index (χ0n) is 16.9. The summed E-state index contributed by atoms with van der Waals surface area (Å²) in [6.45, 7) is 7.26. The molecule has 0 radical (unpaired) electrons. The fraction of sp³-hybridized carbons (Fsp3) is 0.429. The van der Waals surface area contributed by atoms with Gasteiger partial charge in [-0.15, -0.1) is 0 Å². The molecule has 1 saturated heterocycles. The highest BCUT2D eigenvalue weighted by molar-refractivity contribution is 6.32. The highest BCUT2D eigenvalue weighted by Gasteiger charge is 2.17. The van der Waals surface area contributed by atoms with Crippen LogP contribution >= 0.6 is 11.6 Å². The summed E-state index contributed by atoms with van der Waals surface area (Å²) in [5.74, 6) is 1.52. The first-order chi connectivity index (χ1) is 14.0.